The van der Waals surface area contributed by atoms with Crippen LogP contribution in [0.2, 0.25) is 0 Å². The van der Waals surface area contributed by atoms with Gasteiger partial charge in [-0.3, -0.25) is 4.79 Å². The molecule has 1 aliphatic heterocycles. The summed E-state index contributed by atoms with van der Waals surface area (Å²) in [5.74, 6) is -1.28. The van der Waals surface area contributed by atoms with E-state index in [1.54, 1.807) is 16.8 Å². The van der Waals surface area contributed by atoms with Crippen LogP contribution in [-0.4, -0.2) is 66.3 Å². The predicted molar refractivity (Wildman–Crippen MR) is 71.0 cm³/mol. The highest BCUT2D eigenvalue weighted by molar-refractivity contribution is 5.77. The van der Waals surface area contributed by atoms with Crippen LogP contribution in [0.1, 0.15) is 20.8 Å². The zero-order chi connectivity index (χ0) is 14.6. The number of carboxylic acid groups (broad SMARTS) is 1. The van der Waals surface area contributed by atoms with Crippen molar-refractivity contribution in [3.05, 3.63) is 0 Å². The summed E-state index contributed by atoms with van der Waals surface area (Å²) in [4.78, 5) is 26.4. The van der Waals surface area contributed by atoms with Gasteiger partial charge in [0.1, 0.15) is 0 Å². The first-order valence-electron chi connectivity index (χ1n) is 6.67. The lowest BCUT2D eigenvalue weighted by molar-refractivity contribution is -0.142. The standard InChI is InChI=1S/C13H24N2O4/c1-9(2)19-6-5-14(4)13(18)15-7-10(3)11(8-15)12(16)17/h9-11H,5-8H2,1-4H3,(H,16,17)/t10-,11-/m1/s1. The molecule has 6 heteroatoms. The smallest absolute Gasteiger partial charge is 0.319 e. The molecule has 2 atom stereocenters. The van der Waals surface area contributed by atoms with Crippen LogP contribution in [0.15, 0.2) is 0 Å². The molecule has 6 nitrogen and oxygen atoms in total. The fourth-order valence-corrected chi connectivity index (χ4v) is 2.21. The molecule has 110 valence electrons. The lowest BCUT2D eigenvalue weighted by Crippen LogP contribution is -2.41. The Kier molecular flexibility index (Phi) is 5.60. The van der Waals surface area contributed by atoms with Gasteiger partial charge in [-0.05, 0) is 19.8 Å². The molecule has 2 amide bonds. The Morgan fingerprint density at radius 2 is 2.05 bits per heavy atom. The number of likely N-dealkylation sites (N-methyl/N-ethyl adjacent to an activating group) is 1. The van der Waals surface area contributed by atoms with Crippen molar-refractivity contribution in [1.82, 2.24) is 9.80 Å². The first kappa shape index (κ1) is 15.8. The van der Waals surface area contributed by atoms with Gasteiger partial charge in [-0.25, -0.2) is 4.79 Å². The van der Waals surface area contributed by atoms with Crippen molar-refractivity contribution in [3.8, 4) is 0 Å². The van der Waals surface area contributed by atoms with E-state index in [9.17, 15) is 9.59 Å². The number of likely N-dealkylation sites (tertiary alicyclic amines) is 1. The molecule has 19 heavy (non-hydrogen) atoms. The van der Waals surface area contributed by atoms with Gasteiger partial charge in [-0.1, -0.05) is 6.92 Å². The minimum absolute atomic E-state index is 0.00163. The van der Waals surface area contributed by atoms with Gasteiger partial charge in [-0.15, -0.1) is 0 Å². The van der Waals surface area contributed by atoms with Crippen LogP contribution in [0, 0.1) is 11.8 Å². The minimum atomic E-state index is -0.825. The van der Waals surface area contributed by atoms with Crippen LogP contribution in [-0.2, 0) is 9.53 Å². The van der Waals surface area contributed by atoms with Gasteiger partial charge >= 0.3 is 12.0 Å². The summed E-state index contributed by atoms with van der Waals surface area (Å²) in [5, 5.41) is 9.05. The second-order valence-electron chi connectivity index (χ2n) is 5.45. The molecule has 0 aromatic heterocycles. The van der Waals surface area contributed by atoms with E-state index in [2.05, 4.69) is 0 Å². The molecule has 0 unspecified atom stereocenters. The first-order valence-corrected chi connectivity index (χ1v) is 6.67. The number of nitrogens with zero attached hydrogens (tertiary/aromatic N) is 2. The largest absolute Gasteiger partial charge is 0.481 e. The number of rotatable bonds is 5. The number of carboxylic acids is 1. The van der Waals surface area contributed by atoms with Crippen LogP contribution in [0.4, 0.5) is 4.79 Å². The Balaban J connectivity index is 2.43. The Bertz CT molecular complexity index is 333. The Hall–Kier alpha value is -1.30. The van der Waals surface area contributed by atoms with E-state index in [0.717, 1.165) is 0 Å². The number of amides is 2. The molecule has 1 fully saturated rings. The molecule has 0 aliphatic carbocycles. The van der Waals surface area contributed by atoms with Gasteiger partial charge < -0.3 is 19.6 Å². The predicted octanol–water partition coefficient (Wildman–Crippen LogP) is 1.12. The highest BCUT2D eigenvalue weighted by Crippen LogP contribution is 2.23. The maximum Gasteiger partial charge on any atom is 0.319 e. The molecule has 1 saturated heterocycles. The zero-order valence-corrected chi connectivity index (χ0v) is 12.1. The average molecular weight is 272 g/mol. The van der Waals surface area contributed by atoms with E-state index in [1.165, 1.54) is 0 Å². The van der Waals surface area contributed by atoms with Crippen molar-refractivity contribution in [1.29, 1.82) is 0 Å². The van der Waals surface area contributed by atoms with Crippen molar-refractivity contribution in [3.63, 3.8) is 0 Å². The third kappa shape index (κ3) is 4.38. The molecular weight excluding hydrogens is 248 g/mol. The summed E-state index contributed by atoms with van der Waals surface area (Å²) in [5.41, 5.74) is 0. The Morgan fingerprint density at radius 3 is 2.53 bits per heavy atom. The highest BCUT2D eigenvalue weighted by Gasteiger charge is 2.37. The van der Waals surface area contributed by atoms with Crippen molar-refractivity contribution in [2.75, 3.05) is 33.3 Å². The molecule has 0 radical (unpaired) electrons. The monoisotopic (exact) mass is 272 g/mol. The fraction of sp³-hybridized carbons (Fsp3) is 0.846. The van der Waals surface area contributed by atoms with Gasteiger partial charge in [0.05, 0.1) is 18.6 Å². The maximum atomic E-state index is 12.1. The molecule has 0 spiro atoms. The topological polar surface area (TPSA) is 70.1 Å². The molecular formula is C13H24N2O4. The number of ether oxygens (including phenoxy) is 1. The first-order chi connectivity index (χ1) is 8.82. The van der Waals surface area contributed by atoms with Gasteiger partial charge in [0.2, 0.25) is 0 Å². The Labute approximate surface area is 114 Å². The van der Waals surface area contributed by atoms with Gasteiger partial charge in [-0.2, -0.15) is 0 Å². The Morgan fingerprint density at radius 1 is 1.42 bits per heavy atom. The summed E-state index contributed by atoms with van der Waals surface area (Å²) in [6, 6.07) is -0.122. The lowest BCUT2D eigenvalue weighted by atomic mass is 9.99. The van der Waals surface area contributed by atoms with Crippen LogP contribution in [0.3, 0.4) is 0 Å². The maximum absolute atomic E-state index is 12.1. The van der Waals surface area contributed by atoms with E-state index in [-0.39, 0.29) is 18.1 Å². The molecule has 1 rings (SSSR count). The number of urea groups is 1. The SMILES string of the molecule is CC(C)OCCN(C)C(=O)N1C[C@@H](C)[C@H](C(=O)O)C1. The lowest BCUT2D eigenvalue weighted by Gasteiger charge is -2.24. The molecule has 0 bridgehead atoms. The molecule has 1 heterocycles. The van der Waals surface area contributed by atoms with Crippen LogP contribution < -0.4 is 0 Å². The number of hydrogen-bond acceptors (Lipinski definition) is 3. The normalized spacial score (nSPS) is 22.9. The quantitative estimate of drug-likeness (QED) is 0.814. The number of carbonyl (C=O) groups excluding carboxylic acids is 1. The van der Waals surface area contributed by atoms with E-state index in [1.807, 2.05) is 20.8 Å². The van der Waals surface area contributed by atoms with Crippen LogP contribution in [0.25, 0.3) is 0 Å². The van der Waals surface area contributed by atoms with Crippen molar-refractivity contribution < 1.29 is 19.4 Å². The average Bonchev–Trinajstić information content (AvgIpc) is 2.69. The van der Waals surface area contributed by atoms with Crippen molar-refractivity contribution in [2.45, 2.75) is 26.9 Å². The van der Waals surface area contributed by atoms with E-state index < -0.39 is 11.9 Å². The van der Waals surface area contributed by atoms with Gasteiger partial charge in [0.15, 0.2) is 0 Å². The minimum Gasteiger partial charge on any atom is -0.481 e. The van der Waals surface area contributed by atoms with Crippen LogP contribution >= 0.6 is 0 Å². The number of carbonyl (C=O) groups is 2. The summed E-state index contributed by atoms with van der Waals surface area (Å²) >= 11 is 0. The molecule has 1 aliphatic rings. The van der Waals surface area contributed by atoms with E-state index >= 15 is 0 Å². The molecule has 0 aromatic carbocycles. The highest BCUT2D eigenvalue weighted by atomic mass is 16.5. The summed E-state index contributed by atoms with van der Waals surface area (Å²) in [6.07, 6.45) is 0.145. The number of hydrogen-bond donors (Lipinski definition) is 1. The second kappa shape index (κ2) is 6.75. The van der Waals surface area contributed by atoms with Gasteiger partial charge in [0.25, 0.3) is 0 Å². The molecule has 0 saturated carbocycles. The second-order valence-corrected chi connectivity index (χ2v) is 5.45. The third-order valence-corrected chi connectivity index (χ3v) is 3.40. The zero-order valence-electron chi connectivity index (χ0n) is 12.1. The molecule has 0 aromatic rings. The summed E-state index contributed by atoms with van der Waals surface area (Å²) < 4.78 is 5.40. The summed E-state index contributed by atoms with van der Waals surface area (Å²) in [6.45, 7) is 7.57. The van der Waals surface area contributed by atoms with Crippen LogP contribution in [0.5, 0.6) is 0 Å². The van der Waals surface area contributed by atoms with Gasteiger partial charge in [0, 0.05) is 26.7 Å². The molecule has 1 N–H and O–H groups in total. The van der Waals surface area contributed by atoms with E-state index in [4.69, 9.17) is 9.84 Å². The van der Waals surface area contributed by atoms with Crippen molar-refractivity contribution in [2.24, 2.45) is 11.8 Å². The third-order valence-electron chi connectivity index (χ3n) is 3.40. The van der Waals surface area contributed by atoms with E-state index in [0.29, 0.717) is 26.2 Å². The summed E-state index contributed by atoms with van der Waals surface area (Å²) in [7, 11) is 1.71. The fourth-order valence-electron chi connectivity index (χ4n) is 2.21. The number of aliphatic carboxylic acids is 1. The van der Waals surface area contributed by atoms with Crippen molar-refractivity contribution >= 4 is 12.0 Å².